The summed E-state index contributed by atoms with van der Waals surface area (Å²) >= 11 is 2.81. The van der Waals surface area contributed by atoms with Crippen LogP contribution in [0, 0.1) is 12.1 Å². The van der Waals surface area contributed by atoms with Crippen LogP contribution in [0.5, 0.6) is 0 Å². The van der Waals surface area contributed by atoms with Gasteiger partial charge in [0.2, 0.25) is 0 Å². The summed E-state index contributed by atoms with van der Waals surface area (Å²) in [6.45, 7) is 0. The van der Waals surface area contributed by atoms with Gasteiger partial charge < -0.3 is 10.2 Å². The third-order valence-corrected chi connectivity index (χ3v) is 1.71. The summed E-state index contributed by atoms with van der Waals surface area (Å²) in [5, 5.41) is 17.0. The van der Waals surface area contributed by atoms with E-state index in [-0.39, 0.29) is 15.9 Å². The molecule has 0 bridgehead atoms. The molecule has 13 heavy (non-hydrogen) atoms. The van der Waals surface area contributed by atoms with Crippen molar-refractivity contribution in [1.82, 2.24) is 4.98 Å². The van der Waals surface area contributed by atoms with Gasteiger partial charge >= 0.3 is 11.9 Å². The lowest BCUT2D eigenvalue weighted by molar-refractivity contribution is 0.0675. The Morgan fingerprint density at radius 1 is 1.23 bits per heavy atom. The molecular weight excluding hydrogens is 242 g/mol. The summed E-state index contributed by atoms with van der Waals surface area (Å²) in [6.07, 6.45) is 0. The fourth-order valence-electron chi connectivity index (χ4n) is 0.598. The average Bonchev–Trinajstić information content (AvgIpc) is 2.03. The first-order valence-corrected chi connectivity index (χ1v) is 3.78. The molecule has 0 saturated heterocycles. The van der Waals surface area contributed by atoms with E-state index in [1.54, 1.807) is 0 Å². The predicted molar refractivity (Wildman–Crippen MR) is 43.5 cm³/mol. The van der Waals surface area contributed by atoms with Crippen LogP contribution in [0.4, 0.5) is 0 Å². The van der Waals surface area contributed by atoms with E-state index in [0.29, 0.717) is 0 Å². The van der Waals surface area contributed by atoms with E-state index in [1.165, 1.54) is 0 Å². The Bertz CT molecular complexity index is 377. The zero-order valence-electron chi connectivity index (χ0n) is 6.04. The molecule has 0 saturated carbocycles. The Balaban J connectivity index is 3.20. The molecule has 0 aliphatic carbocycles. The zero-order valence-corrected chi connectivity index (χ0v) is 7.62. The SMILES string of the molecule is O=C(O)c1c#cc(C(=O)O)c(Br)n1. The first-order valence-electron chi connectivity index (χ1n) is 2.99. The summed E-state index contributed by atoms with van der Waals surface area (Å²) in [5.41, 5.74) is -0.623. The number of carboxylic acid groups (broad SMARTS) is 2. The van der Waals surface area contributed by atoms with Gasteiger partial charge in [0.05, 0.1) is 0 Å². The van der Waals surface area contributed by atoms with Crippen molar-refractivity contribution >= 4 is 27.9 Å². The van der Waals surface area contributed by atoms with Crippen LogP contribution >= 0.6 is 15.9 Å². The topological polar surface area (TPSA) is 87.5 Å². The van der Waals surface area contributed by atoms with Crippen molar-refractivity contribution < 1.29 is 19.8 Å². The molecule has 0 atom stereocenters. The second-order valence-electron chi connectivity index (χ2n) is 1.99. The van der Waals surface area contributed by atoms with Crippen molar-refractivity contribution in [3.8, 4) is 0 Å². The predicted octanol–water partition coefficient (Wildman–Crippen LogP) is 0.841. The molecule has 0 fully saturated rings. The van der Waals surface area contributed by atoms with Crippen LogP contribution in [0.3, 0.4) is 0 Å². The second-order valence-corrected chi connectivity index (χ2v) is 2.74. The molecule has 0 unspecified atom stereocenters. The quantitative estimate of drug-likeness (QED) is 0.804. The van der Waals surface area contributed by atoms with Gasteiger partial charge in [0.25, 0.3) is 0 Å². The smallest absolute Gasteiger partial charge is 0.363 e. The lowest BCUT2D eigenvalue weighted by Gasteiger charge is -1.93. The van der Waals surface area contributed by atoms with Gasteiger partial charge in [-0.1, -0.05) is 0 Å². The van der Waals surface area contributed by atoms with Gasteiger partial charge in [0.1, 0.15) is 10.2 Å². The summed E-state index contributed by atoms with van der Waals surface area (Å²) in [5.74, 6) is -2.53. The minimum Gasteiger partial charge on any atom is -0.477 e. The largest absolute Gasteiger partial charge is 0.477 e. The molecule has 0 spiro atoms. The minimum absolute atomic E-state index is 0.0730. The van der Waals surface area contributed by atoms with Crippen LogP contribution in [0.2, 0.25) is 0 Å². The van der Waals surface area contributed by atoms with E-state index in [4.69, 9.17) is 10.2 Å². The number of nitrogens with zero attached hydrogens (tertiary/aromatic N) is 1. The number of hydrogen-bond donors (Lipinski definition) is 2. The van der Waals surface area contributed by atoms with Crippen molar-refractivity contribution in [2.24, 2.45) is 0 Å². The lowest BCUT2D eigenvalue weighted by Crippen LogP contribution is -2.03. The van der Waals surface area contributed by atoms with Gasteiger partial charge in [0, 0.05) is 0 Å². The van der Waals surface area contributed by atoms with E-state index in [2.05, 4.69) is 33.0 Å². The molecule has 1 heterocycles. The van der Waals surface area contributed by atoms with Crippen LogP contribution in [-0.4, -0.2) is 27.1 Å². The Kier molecular flexibility index (Phi) is 2.49. The average molecular weight is 244 g/mol. The highest BCUT2D eigenvalue weighted by Gasteiger charge is 2.12. The maximum Gasteiger partial charge on any atom is 0.363 e. The van der Waals surface area contributed by atoms with Crippen LogP contribution in [-0.2, 0) is 0 Å². The molecule has 2 N–H and O–H groups in total. The standard InChI is InChI=1S/C7H2BrNO4/c8-5-3(6(10)11)1-2-4(9-5)7(12)13/h(H,10,11)(H,12,13). The van der Waals surface area contributed by atoms with Gasteiger partial charge in [-0.15, -0.1) is 0 Å². The molecule has 0 aliphatic heterocycles. The van der Waals surface area contributed by atoms with Crippen LogP contribution in [0.1, 0.15) is 20.8 Å². The molecular formula is C7H2BrNO4. The monoisotopic (exact) mass is 243 g/mol. The highest BCUT2D eigenvalue weighted by atomic mass is 79.9. The first-order chi connectivity index (χ1) is 6.02. The lowest BCUT2D eigenvalue weighted by atomic mass is 10.3. The molecule has 0 aliphatic rings. The number of carboxylic acids is 2. The van der Waals surface area contributed by atoms with Gasteiger partial charge in [0.15, 0.2) is 5.69 Å². The van der Waals surface area contributed by atoms with Crippen molar-refractivity contribution in [3.63, 3.8) is 0 Å². The molecule has 1 aromatic rings. The fourth-order valence-corrected chi connectivity index (χ4v) is 1.04. The molecule has 0 amide bonds. The highest BCUT2D eigenvalue weighted by molar-refractivity contribution is 9.10. The Labute approximate surface area is 81.2 Å². The normalized spacial score (nSPS) is 9.00. The summed E-state index contributed by atoms with van der Waals surface area (Å²) in [4.78, 5) is 24.2. The number of halogens is 1. The molecule has 1 rings (SSSR count). The Morgan fingerprint density at radius 2 is 1.85 bits per heavy atom. The van der Waals surface area contributed by atoms with E-state index in [9.17, 15) is 9.59 Å². The Hall–Kier alpha value is -1.61. The molecule has 5 nitrogen and oxygen atoms in total. The van der Waals surface area contributed by atoms with Gasteiger partial charge in [-0.2, -0.15) is 0 Å². The first kappa shape index (κ1) is 9.48. The Morgan fingerprint density at radius 3 is 2.23 bits per heavy atom. The summed E-state index contributed by atoms with van der Waals surface area (Å²) < 4.78 is -0.0730. The molecule has 1 aromatic heterocycles. The number of aromatic nitrogens is 1. The number of carbonyl (C=O) groups is 2. The van der Waals surface area contributed by atoms with Gasteiger partial charge in [-0.25, -0.2) is 14.6 Å². The van der Waals surface area contributed by atoms with Crippen molar-refractivity contribution in [3.05, 3.63) is 28.0 Å². The van der Waals surface area contributed by atoms with Crippen molar-refractivity contribution in [2.75, 3.05) is 0 Å². The minimum atomic E-state index is -1.28. The van der Waals surface area contributed by atoms with Crippen LogP contribution in [0.15, 0.2) is 4.60 Å². The summed E-state index contributed by atoms with van der Waals surface area (Å²) in [6, 6.07) is 4.28. The fraction of sp³-hybridized carbons (Fsp3) is 0. The third-order valence-electron chi connectivity index (χ3n) is 1.14. The molecule has 6 heteroatoms. The molecule has 0 aromatic carbocycles. The van der Waals surface area contributed by atoms with Crippen molar-refractivity contribution in [2.45, 2.75) is 0 Å². The maximum absolute atomic E-state index is 10.4. The number of aromatic carboxylic acids is 2. The van der Waals surface area contributed by atoms with E-state index in [0.717, 1.165) is 0 Å². The zero-order chi connectivity index (χ0) is 10.0. The number of rotatable bonds is 2. The van der Waals surface area contributed by atoms with E-state index >= 15 is 0 Å². The van der Waals surface area contributed by atoms with Gasteiger partial charge in [-0.05, 0) is 28.1 Å². The molecule has 66 valence electrons. The maximum atomic E-state index is 10.4. The third kappa shape index (κ3) is 1.95. The second kappa shape index (κ2) is 3.41. The summed E-state index contributed by atoms with van der Waals surface area (Å²) in [7, 11) is 0. The molecule has 0 radical (unpaired) electrons. The van der Waals surface area contributed by atoms with Crippen LogP contribution < -0.4 is 0 Å². The van der Waals surface area contributed by atoms with Crippen molar-refractivity contribution in [1.29, 1.82) is 0 Å². The number of hydrogen-bond acceptors (Lipinski definition) is 3. The van der Waals surface area contributed by atoms with Gasteiger partial charge in [-0.3, -0.25) is 0 Å². The van der Waals surface area contributed by atoms with Crippen LogP contribution in [0.25, 0.3) is 0 Å². The van der Waals surface area contributed by atoms with E-state index in [1.807, 2.05) is 0 Å². The highest BCUT2D eigenvalue weighted by Crippen LogP contribution is 2.11. The van der Waals surface area contributed by atoms with E-state index < -0.39 is 11.9 Å².